The maximum absolute atomic E-state index is 12.5. The second-order valence-electron chi connectivity index (χ2n) is 11.9. The minimum atomic E-state index is -0.876. The fourth-order valence-corrected chi connectivity index (χ4v) is 6.19. The summed E-state index contributed by atoms with van der Waals surface area (Å²) in [7, 11) is 0. The van der Waals surface area contributed by atoms with E-state index in [9.17, 15) is 14.7 Å². The minimum absolute atomic E-state index is 0.0824. The summed E-state index contributed by atoms with van der Waals surface area (Å²) < 4.78 is 7.59. The van der Waals surface area contributed by atoms with Crippen molar-refractivity contribution in [3.8, 4) is 22.3 Å². The smallest absolute Gasteiger partial charge is 0.411 e. The molecular weight excluding hydrogens is 608 g/mol. The van der Waals surface area contributed by atoms with Crippen molar-refractivity contribution < 1.29 is 24.5 Å². The maximum atomic E-state index is 12.5. The van der Waals surface area contributed by atoms with Crippen molar-refractivity contribution in [3.63, 3.8) is 0 Å². The monoisotopic (exact) mass is 646 g/mol. The normalized spacial score (nSPS) is 12.0. The number of aliphatic hydroxyl groups is 1. The van der Waals surface area contributed by atoms with Crippen LogP contribution in [0.2, 0.25) is 5.02 Å². The van der Waals surface area contributed by atoms with Gasteiger partial charge in [0.2, 0.25) is 0 Å². The van der Waals surface area contributed by atoms with Crippen molar-refractivity contribution in [1.29, 1.82) is 0 Å². The van der Waals surface area contributed by atoms with Gasteiger partial charge in [0, 0.05) is 22.5 Å². The zero-order chi connectivity index (χ0) is 32.9. The average molecular weight is 647 g/mol. The van der Waals surface area contributed by atoms with E-state index < -0.39 is 17.7 Å². The summed E-state index contributed by atoms with van der Waals surface area (Å²) in [5.41, 5.74) is 9.84. The van der Waals surface area contributed by atoms with Crippen LogP contribution in [0.15, 0.2) is 72.8 Å². The van der Waals surface area contributed by atoms with Crippen LogP contribution in [0.5, 0.6) is 0 Å². The molecule has 3 N–H and O–H groups in total. The van der Waals surface area contributed by atoms with Crippen LogP contribution in [0.3, 0.4) is 0 Å². The van der Waals surface area contributed by atoms with E-state index in [1.807, 2.05) is 92.9 Å². The predicted octanol–water partition coefficient (Wildman–Crippen LogP) is 9.04. The Morgan fingerprint density at radius 1 is 0.978 bits per heavy atom. The van der Waals surface area contributed by atoms with Gasteiger partial charge < -0.3 is 19.3 Å². The zero-order valence-corrected chi connectivity index (χ0v) is 28.0. The summed E-state index contributed by atoms with van der Waals surface area (Å²) in [6, 6.07) is 22.9. The number of carbonyl (C=O) groups is 2. The molecule has 0 unspecified atom stereocenters. The van der Waals surface area contributed by atoms with Gasteiger partial charge in [-0.2, -0.15) is 0 Å². The second kappa shape index (κ2) is 14.4. The van der Waals surface area contributed by atoms with Crippen molar-refractivity contribution in [3.05, 3.63) is 106 Å². The van der Waals surface area contributed by atoms with Gasteiger partial charge >= 0.3 is 12.1 Å². The number of halogens is 1. The Morgan fingerprint density at radius 2 is 1.62 bits per heavy atom. The molecule has 1 heterocycles. The van der Waals surface area contributed by atoms with Crippen molar-refractivity contribution >= 4 is 47.0 Å². The lowest BCUT2D eigenvalue weighted by molar-refractivity contribution is -0.136. The SMILES string of the molecule is CC(C)(C)O.CSN1Cc2cc(NC(=O)OCc3ccccc3)ccc2-c2c(C)c(-c3ccc(Cl)cc3)c(CC(=O)O)c(C)c21. The van der Waals surface area contributed by atoms with Crippen LogP contribution in [0, 0.1) is 13.8 Å². The first kappa shape index (κ1) is 33.9. The number of hydrogen-bond acceptors (Lipinski definition) is 6. The first-order valence-electron chi connectivity index (χ1n) is 14.6. The molecule has 45 heavy (non-hydrogen) atoms. The Kier molecular flexibility index (Phi) is 10.9. The first-order valence-corrected chi connectivity index (χ1v) is 16.1. The van der Waals surface area contributed by atoms with Gasteiger partial charge in [-0.1, -0.05) is 72.1 Å². The largest absolute Gasteiger partial charge is 0.481 e. The van der Waals surface area contributed by atoms with Crippen molar-refractivity contribution in [1.82, 2.24) is 0 Å². The molecule has 0 bridgehead atoms. The molecule has 0 atom stereocenters. The van der Waals surface area contributed by atoms with Gasteiger partial charge in [-0.15, -0.1) is 0 Å². The van der Waals surface area contributed by atoms with Crippen LogP contribution in [-0.4, -0.2) is 34.1 Å². The van der Waals surface area contributed by atoms with Crippen LogP contribution in [0.25, 0.3) is 22.3 Å². The molecule has 1 aliphatic rings. The van der Waals surface area contributed by atoms with Gasteiger partial charge in [0.25, 0.3) is 0 Å². The number of fused-ring (bicyclic) bond motifs is 3. The Bertz CT molecular complexity index is 1680. The summed E-state index contributed by atoms with van der Waals surface area (Å²) in [4.78, 5) is 24.5. The van der Waals surface area contributed by atoms with E-state index in [1.165, 1.54) is 0 Å². The van der Waals surface area contributed by atoms with E-state index in [-0.39, 0.29) is 13.0 Å². The lowest BCUT2D eigenvalue weighted by Crippen LogP contribution is -2.23. The number of carboxylic acid groups (broad SMARTS) is 1. The molecule has 0 fully saturated rings. The number of anilines is 2. The molecule has 0 spiro atoms. The fraction of sp³-hybridized carbons (Fsp3) is 0.278. The summed E-state index contributed by atoms with van der Waals surface area (Å²) in [6.07, 6.45) is 1.41. The Labute approximate surface area is 274 Å². The number of aliphatic carboxylic acids is 1. The van der Waals surface area contributed by atoms with Crippen molar-refractivity contribution in [2.45, 2.75) is 59.8 Å². The van der Waals surface area contributed by atoms with Crippen LogP contribution >= 0.6 is 23.5 Å². The first-order chi connectivity index (χ1) is 21.3. The van der Waals surface area contributed by atoms with E-state index in [0.29, 0.717) is 17.3 Å². The average Bonchev–Trinajstić information content (AvgIpc) is 2.98. The molecule has 9 heteroatoms. The molecule has 0 aromatic heterocycles. The van der Waals surface area contributed by atoms with Gasteiger partial charge in [0.15, 0.2) is 0 Å². The number of rotatable bonds is 7. The van der Waals surface area contributed by atoms with Crippen molar-refractivity contribution in [2.75, 3.05) is 15.9 Å². The molecule has 4 aromatic rings. The Hall–Kier alpha value is -3.98. The molecule has 0 aliphatic carbocycles. The van der Waals surface area contributed by atoms with Gasteiger partial charge in [-0.25, -0.2) is 4.79 Å². The number of nitrogens with zero attached hydrogens (tertiary/aromatic N) is 1. The summed E-state index contributed by atoms with van der Waals surface area (Å²) >= 11 is 7.76. The third kappa shape index (κ3) is 8.60. The van der Waals surface area contributed by atoms with Crippen LogP contribution < -0.4 is 9.62 Å². The highest BCUT2D eigenvalue weighted by atomic mass is 35.5. The Morgan fingerprint density at radius 3 is 2.22 bits per heavy atom. The number of carboxylic acids is 1. The number of amides is 1. The topological polar surface area (TPSA) is 99.1 Å². The molecule has 0 radical (unpaired) electrons. The Balaban J connectivity index is 0.000000854. The number of hydrogen-bond donors (Lipinski definition) is 3. The number of carbonyl (C=O) groups excluding carboxylic acids is 1. The quantitative estimate of drug-likeness (QED) is 0.172. The van der Waals surface area contributed by atoms with E-state index in [4.69, 9.17) is 21.4 Å². The third-order valence-electron chi connectivity index (χ3n) is 7.17. The molecule has 236 valence electrons. The standard InChI is InChI=1S/C32H29ClN2O4S.C4H10O/c1-19-27(16-28(36)37)29(22-9-11-24(33)12-10-22)20(2)30-26-14-13-25(15-23(26)17-35(40-3)31(19)30)34-32(38)39-18-21-7-5-4-6-8-21;1-4(2,3)5/h4-15H,16-18H2,1-3H3,(H,34,38)(H,36,37);5H,1-3H3. The van der Waals surface area contributed by atoms with Gasteiger partial charge in [-0.05, 0) is 103 Å². The maximum Gasteiger partial charge on any atom is 0.411 e. The van der Waals surface area contributed by atoms with Gasteiger partial charge in [0.1, 0.15) is 6.61 Å². The summed E-state index contributed by atoms with van der Waals surface area (Å²) in [5, 5.41) is 21.8. The third-order valence-corrected chi connectivity index (χ3v) is 8.18. The van der Waals surface area contributed by atoms with Crippen molar-refractivity contribution in [2.24, 2.45) is 0 Å². The van der Waals surface area contributed by atoms with E-state index >= 15 is 0 Å². The molecule has 1 amide bonds. The zero-order valence-electron chi connectivity index (χ0n) is 26.4. The van der Waals surface area contributed by atoms with Gasteiger partial charge in [0.05, 0.1) is 24.3 Å². The highest BCUT2D eigenvalue weighted by Gasteiger charge is 2.30. The van der Waals surface area contributed by atoms with E-state index in [2.05, 4.69) is 9.62 Å². The minimum Gasteiger partial charge on any atom is -0.481 e. The van der Waals surface area contributed by atoms with Crippen LogP contribution in [-0.2, 0) is 29.1 Å². The summed E-state index contributed by atoms with van der Waals surface area (Å²) in [5.74, 6) is -0.876. The van der Waals surface area contributed by atoms with Gasteiger partial charge in [-0.3, -0.25) is 10.1 Å². The lowest BCUT2D eigenvalue weighted by atomic mass is 9.81. The summed E-state index contributed by atoms with van der Waals surface area (Å²) in [6.45, 7) is 10.1. The van der Waals surface area contributed by atoms with E-state index in [1.54, 1.807) is 32.7 Å². The van der Waals surface area contributed by atoms with Crippen LogP contribution in [0.4, 0.5) is 16.2 Å². The molecule has 5 rings (SSSR count). The molecular formula is C36H39ClN2O5S. The lowest BCUT2D eigenvalue weighted by Gasteiger charge is -2.36. The molecule has 4 aromatic carbocycles. The fourth-order valence-electron chi connectivity index (χ4n) is 5.38. The van der Waals surface area contributed by atoms with Crippen LogP contribution in [0.1, 0.15) is 48.6 Å². The second-order valence-corrected chi connectivity index (χ2v) is 13.1. The number of nitrogens with one attached hydrogen (secondary N) is 1. The number of ether oxygens (including phenoxy) is 1. The predicted molar refractivity (Wildman–Crippen MR) is 185 cm³/mol. The molecule has 7 nitrogen and oxygen atoms in total. The van der Waals surface area contributed by atoms with E-state index in [0.717, 1.165) is 55.8 Å². The molecule has 1 aliphatic heterocycles. The highest BCUT2D eigenvalue weighted by Crippen LogP contribution is 2.50. The molecule has 0 saturated carbocycles. The highest BCUT2D eigenvalue weighted by molar-refractivity contribution is 7.99. The molecule has 0 saturated heterocycles. The number of benzene rings is 4.